The van der Waals surface area contributed by atoms with Gasteiger partial charge in [0, 0.05) is 23.4 Å². The van der Waals surface area contributed by atoms with Crippen molar-refractivity contribution in [3.05, 3.63) is 81.0 Å². The van der Waals surface area contributed by atoms with Crippen LogP contribution in [-0.4, -0.2) is 30.2 Å². The highest BCUT2D eigenvalue weighted by Crippen LogP contribution is 2.23. The monoisotopic (exact) mass is 556 g/mol. The van der Waals surface area contributed by atoms with Gasteiger partial charge in [-0.3, -0.25) is 9.59 Å². The number of aromatic nitrogens is 2. The van der Waals surface area contributed by atoms with Crippen molar-refractivity contribution in [1.29, 1.82) is 0 Å². The average molecular weight is 557 g/mol. The Bertz CT molecular complexity index is 1610. The number of rotatable bonds is 7. The largest absolute Gasteiger partial charge is 0.455 e. The molecule has 35 heavy (non-hydrogen) atoms. The van der Waals surface area contributed by atoms with Crippen molar-refractivity contribution in [2.45, 2.75) is 31.6 Å². The van der Waals surface area contributed by atoms with Crippen molar-refractivity contribution >= 4 is 49.0 Å². The molecule has 0 atom stereocenters. The van der Waals surface area contributed by atoms with Crippen LogP contribution in [0, 0.1) is 0 Å². The van der Waals surface area contributed by atoms with Crippen LogP contribution < -0.4 is 10.3 Å². The van der Waals surface area contributed by atoms with Crippen molar-refractivity contribution in [2.75, 3.05) is 0 Å². The van der Waals surface area contributed by atoms with Gasteiger partial charge in [-0.1, -0.05) is 22.9 Å². The molecule has 2 aromatic heterocycles. The minimum absolute atomic E-state index is 0.0388. The second-order valence-electron chi connectivity index (χ2n) is 7.69. The Labute approximate surface area is 209 Å². The Morgan fingerprint density at radius 3 is 2.60 bits per heavy atom. The van der Waals surface area contributed by atoms with Crippen LogP contribution in [0.3, 0.4) is 0 Å². The number of carbonyl (C=O) groups is 1. The maximum absolute atomic E-state index is 13.1. The molecule has 0 radical (unpaired) electrons. The van der Waals surface area contributed by atoms with Gasteiger partial charge in [0.05, 0.1) is 22.0 Å². The number of sulfonamides is 1. The minimum Gasteiger partial charge on any atom is -0.455 e. The SMILES string of the molecule is CCCc1nc2ccc(Br)cc2c(=O)n1N=Cc1ccc(-c2ccc(S(=O)(=O)NC(C)=O)cc2)o1. The summed E-state index contributed by atoms with van der Waals surface area (Å²) < 4.78 is 34.0. The van der Waals surface area contributed by atoms with E-state index in [1.54, 1.807) is 36.4 Å². The molecule has 9 nitrogen and oxygen atoms in total. The van der Waals surface area contributed by atoms with Gasteiger partial charge in [-0.15, -0.1) is 0 Å². The molecule has 2 aromatic carbocycles. The Morgan fingerprint density at radius 1 is 1.17 bits per heavy atom. The molecule has 0 aliphatic heterocycles. The predicted octanol–water partition coefficient (Wildman–Crippen LogP) is 4.08. The minimum atomic E-state index is -3.92. The smallest absolute Gasteiger partial charge is 0.282 e. The molecule has 4 rings (SSSR count). The second kappa shape index (κ2) is 9.96. The van der Waals surface area contributed by atoms with E-state index in [1.807, 2.05) is 17.7 Å². The maximum atomic E-state index is 13.1. The number of amides is 1. The zero-order valence-electron chi connectivity index (χ0n) is 18.9. The first-order valence-corrected chi connectivity index (χ1v) is 12.9. The van der Waals surface area contributed by atoms with E-state index in [0.717, 1.165) is 17.8 Å². The molecule has 0 saturated heterocycles. The number of hydrogen-bond donors (Lipinski definition) is 1. The maximum Gasteiger partial charge on any atom is 0.282 e. The van der Waals surface area contributed by atoms with E-state index < -0.39 is 15.9 Å². The number of aryl methyl sites for hydroxylation is 1. The number of nitrogens with one attached hydrogen (secondary N) is 1. The number of hydrogen-bond acceptors (Lipinski definition) is 7. The first-order valence-electron chi connectivity index (χ1n) is 10.7. The molecule has 1 amide bonds. The molecule has 0 bridgehead atoms. The molecule has 0 spiro atoms. The van der Waals surface area contributed by atoms with Crippen LogP contribution in [0.25, 0.3) is 22.2 Å². The summed E-state index contributed by atoms with van der Waals surface area (Å²) in [6, 6.07) is 14.7. The fraction of sp³-hybridized carbons (Fsp3) is 0.167. The molecule has 0 saturated carbocycles. The summed E-state index contributed by atoms with van der Waals surface area (Å²) in [5.74, 6) is 0.765. The van der Waals surface area contributed by atoms with Crippen LogP contribution in [0.4, 0.5) is 0 Å². The van der Waals surface area contributed by atoms with Crippen LogP contribution in [0.2, 0.25) is 0 Å². The topological polar surface area (TPSA) is 124 Å². The molecule has 0 aliphatic carbocycles. The van der Waals surface area contributed by atoms with Gasteiger partial charge in [0.15, 0.2) is 0 Å². The van der Waals surface area contributed by atoms with Crippen molar-refractivity contribution < 1.29 is 17.6 Å². The summed E-state index contributed by atoms with van der Waals surface area (Å²) in [5, 5.41) is 4.79. The summed E-state index contributed by atoms with van der Waals surface area (Å²) in [7, 11) is -3.92. The van der Waals surface area contributed by atoms with Crippen LogP contribution >= 0.6 is 15.9 Å². The van der Waals surface area contributed by atoms with Crippen LogP contribution in [0.5, 0.6) is 0 Å². The van der Waals surface area contributed by atoms with Crippen LogP contribution in [0.15, 0.2) is 78.3 Å². The molecule has 4 aromatic rings. The highest BCUT2D eigenvalue weighted by molar-refractivity contribution is 9.10. The first kappa shape index (κ1) is 24.6. The van der Waals surface area contributed by atoms with Crippen LogP contribution in [-0.2, 0) is 21.2 Å². The highest BCUT2D eigenvalue weighted by atomic mass is 79.9. The lowest BCUT2D eigenvalue weighted by Gasteiger charge is -2.08. The fourth-order valence-electron chi connectivity index (χ4n) is 3.44. The van der Waals surface area contributed by atoms with Crippen molar-refractivity contribution in [2.24, 2.45) is 5.10 Å². The predicted molar refractivity (Wildman–Crippen MR) is 136 cm³/mol. The Balaban J connectivity index is 1.63. The van der Waals surface area contributed by atoms with E-state index in [0.29, 0.717) is 40.2 Å². The van der Waals surface area contributed by atoms with Crippen molar-refractivity contribution in [3.63, 3.8) is 0 Å². The molecule has 2 heterocycles. The van der Waals surface area contributed by atoms with Gasteiger partial charge in [0.25, 0.3) is 15.6 Å². The quantitative estimate of drug-likeness (QED) is 0.342. The Hall–Kier alpha value is -3.57. The van der Waals surface area contributed by atoms with E-state index in [1.165, 1.54) is 23.0 Å². The number of halogens is 1. The van der Waals surface area contributed by atoms with Crippen molar-refractivity contribution in [3.8, 4) is 11.3 Å². The Morgan fingerprint density at radius 2 is 1.91 bits per heavy atom. The van der Waals surface area contributed by atoms with Gasteiger partial charge in [0.1, 0.15) is 17.3 Å². The van der Waals surface area contributed by atoms with E-state index in [9.17, 15) is 18.0 Å². The zero-order chi connectivity index (χ0) is 25.2. The summed E-state index contributed by atoms with van der Waals surface area (Å²) in [6.07, 6.45) is 2.81. The molecule has 0 aliphatic rings. The van der Waals surface area contributed by atoms with Crippen molar-refractivity contribution in [1.82, 2.24) is 14.4 Å². The van der Waals surface area contributed by atoms with E-state index >= 15 is 0 Å². The van der Waals surface area contributed by atoms with Gasteiger partial charge in [-0.2, -0.15) is 9.78 Å². The molecular formula is C24H21BrN4O5S. The van der Waals surface area contributed by atoms with E-state index in [2.05, 4.69) is 26.0 Å². The molecular weight excluding hydrogens is 536 g/mol. The number of furan rings is 1. The summed E-state index contributed by atoms with van der Waals surface area (Å²) in [4.78, 5) is 28.7. The lowest BCUT2D eigenvalue weighted by molar-refractivity contribution is -0.117. The number of carbonyl (C=O) groups excluding carboxylic acids is 1. The third-order valence-corrected chi connectivity index (χ3v) is 6.95. The molecule has 1 N–H and O–H groups in total. The highest BCUT2D eigenvalue weighted by Gasteiger charge is 2.16. The van der Waals surface area contributed by atoms with Crippen LogP contribution in [0.1, 0.15) is 31.9 Å². The lowest BCUT2D eigenvalue weighted by atomic mass is 10.2. The van der Waals surface area contributed by atoms with Gasteiger partial charge in [0.2, 0.25) is 5.91 Å². The summed E-state index contributed by atoms with van der Waals surface area (Å²) >= 11 is 3.39. The third kappa shape index (κ3) is 5.41. The number of fused-ring (bicyclic) bond motifs is 1. The number of nitrogens with zero attached hydrogens (tertiary/aromatic N) is 3. The fourth-order valence-corrected chi connectivity index (χ4v) is 4.79. The van der Waals surface area contributed by atoms with E-state index in [-0.39, 0.29) is 10.5 Å². The Kier molecular flexibility index (Phi) is 6.99. The second-order valence-corrected chi connectivity index (χ2v) is 10.3. The average Bonchev–Trinajstić information content (AvgIpc) is 3.28. The zero-order valence-corrected chi connectivity index (χ0v) is 21.3. The first-order chi connectivity index (χ1) is 16.7. The molecule has 11 heteroatoms. The van der Waals surface area contributed by atoms with Gasteiger partial charge < -0.3 is 4.42 Å². The molecule has 180 valence electrons. The summed E-state index contributed by atoms with van der Waals surface area (Å²) in [6.45, 7) is 3.13. The van der Waals surface area contributed by atoms with Gasteiger partial charge in [-0.05, 0) is 61.0 Å². The van der Waals surface area contributed by atoms with E-state index in [4.69, 9.17) is 4.42 Å². The summed E-state index contributed by atoms with van der Waals surface area (Å²) in [5.41, 5.74) is 0.962. The molecule has 0 fully saturated rings. The standard InChI is InChI=1S/C24H21BrN4O5S/c1-3-4-23-27-21-11-7-17(25)13-20(21)24(31)29(23)26-14-18-8-12-22(34-18)16-5-9-19(10-6-16)35(32,33)28-15(2)30/h5-14H,3-4H2,1-2H3,(H,28,30). The third-order valence-electron chi connectivity index (χ3n) is 5.00. The normalized spacial score (nSPS) is 11.9. The van der Waals surface area contributed by atoms with Gasteiger partial charge >= 0.3 is 0 Å². The number of benzene rings is 2. The lowest BCUT2D eigenvalue weighted by Crippen LogP contribution is -2.28. The van der Waals surface area contributed by atoms with Gasteiger partial charge in [-0.25, -0.2) is 18.1 Å². The molecule has 0 unspecified atom stereocenters.